The summed E-state index contributed by atoms with van der Waals surface area (Å²) in [6.07, 6.45) is 2.74. The molecule has 0 spiro atoms. The molecule has 1 saturated carbocycles. The monoisotopic (exact) mass is 252 g/mol. The van der Waals surface area contributed by atoms with Gasteiger partial charge in [0.15, 0.2) is 0 Å². The van der Waals surface area contributed by atoms with Crippen molar-refractivity contribution in [1.29, 1.82) is 0 Å². The fourth-order valence-corrected chi connectivity index (χ4v) is 2.70. The molecule has 4 nitrogen and oxygen atoms in total. The maximum absolute atomic E-state index is 13.9. The topological polar surface area (TPSA) is 69.2 Å². The van der Waals surface area contributed by atoms with Crippen LogP contribution in [-0.4, -0.2) is 4.92 Å². The van der Waals surface area contributed by atoms with Crippen molar-refractivity contribution < 1.29 is 9.31 Å². The summed E-state index contributed by atoms with van der Waals surface area (Å²) in [5.74, 6) is -0.467. The quantitative estimate of drug-likeness (QED) is 0.661. The van der Waals surface area contributed by atoms with E-state index in [1.54, 1.807) is 6.92 Å². The average Bonchev–Trinajstić information content (AvgIpc) is 3.10. The van der Waals surface area contributed by atoms with E-state index in [0.29, 0.717) is 0 Å². The van der Waals surface area contributed by atoms with Crippen LogP contribution in [0.1, 0.15) is 38.7 Å². The van der Waals surface area contributed by atoms with Crippen LogP contribution in [0.2, 0.25) is 0 Å². The van der Waals surface area contributed by atoms with E-state index in [-0.39, 0.29) is 16.7 Å². The van der Waals surface area contributed by atoms with Gasteiger partial charge in [0.25, 0.3) is 5.69 Å². The highest BCUT2D eigenvalue weighted by atomic mass is 19.1. The van der Waals surface area contributed by atoms with Gasteiger partial charge < -0.3 is 5.73 Å². The first-order chi connectivity index (χ1) is 8.34. The zero-order valence-corrected chi connectivity index (χ0v) is 10.6. The molecule has 0 aliphatic heterocycles. The Morgan fingerprint density at radius 1 is 1.56 bits per heavy atom. The lowest BCUT2D eigenvalue weighted by atomic mass is 9.75. The Hall–Kier alpha value is -1.49. The molecule has 1 aliphatic carbocycles. The molecule has 0 heterocycles. The number of hydrogen-bond acceptors (Lipinski definition) is 3. The van der Waals surface area contributed by atoms with Gasteiger partial charge in [0.05, 0.1) is 4.92 Å². The maximum atomic E-state index is 13.9. The molecule has 0 amide bonds. The van der Waals surface area contributed by atoms with Crippen LogP contribution in [0.3, 0.4) is 0 Å². The SMILES string of the molecule is CCC1([C@](C)(N)c2cc([N+](=O)[O-])ccc2F)CC1. The summed E-state index contributed by atoms with van der Waals surface area (Å²) in [5.41, 5.74) is 5.44. The molecule has 2 N–H and O–H groups in total. The molecule has 1 aliphatic rings. The smallest absolute Gasteiger partial charge is 0.269 e. The third-order valence-electron chi connectivity index (χ3n) is 4.35. The zero-order chi connectivity index (χ0) is 13.6. The Morgan fingerprint density at radius 2 is 2.17 bits per heavy atom. The highest BCUT2D eigenvalue weighted by molar-refractivity contribution is 5.40. The number of rotatable bonds is 4. The summed E-state index contributed by atoms with van der Waals surface area (Å²) in [5, 5.41) is 10.8. The average molecular weight is 252 g/mol. The van der Waals surface area contributed by atoms with Crippen molar-refractivity contribution in [2.75, 3.05) is 0 Å². The third-order valence-corrected chi connectivity index (χ3v) is 4.35. The first-order valence-electron chi connectivity index (χ1n) is 6.07. The molecule has 1 aromatic carbocycles. The zero-order valence-electron chi connectivity index (χ0n) is 10.6. The van der Waals surface area contributed by atoms with Crippen LogP contribution in [0.15, 0.2) is 18.2 Å². The number of halogens is 1. The molecule has 0 radical (unpaired) electrons. The Bertz CT molecular complexity index is 496. The lowest BCUT2D eigenvalue weighted by molar-refractivity contribution is -0.385. The Morgan fingerprint density at radius 3 is 2.61 bits per heavy atom. The van der Waals surface area contributed by atoms with Gasteiger partial charge in [0.2, 0.25) is 0 Å². The molecule has 0 bridgehead atoms. The van der Waals surface area contributed by atoms with E-state index < -0.39 is 16.3 Å². The van der Waals surface area contributed by atoms with Crippen molar-refractivity contribution in [2.24, 2.45) is 11.1 Å². The standard InChI is InChI=1S/C13H17FN2O2/c1-3-13(6-7-13)12(2,15)10-8-9(16(17)18)4-5-11(10)14/h4-5,8H,3,6-7,15H2,1-2H3/t12-/m1/s1. The van der Waals surface area contributed by atoms with E-state index >= 15 is 0 Å². The summed E-state index contributed by atoms with van der Waals surface area (Å²) in [6, 6.07) is 3.57. The summed E-state index contributed by atoms with van der Waals surface area (Å²) < 4.78 is 13.9. The normalized spacial score (nSPS) is 20.2. The summed E-state index contributed by atoms with van der Waals surface area (Å²) in [6.45, 7) is 3.79. The van der Waals surface area contributed by atoms with E-state index in [2.05, 4.69) is 0 Å². The molecule has 0 saturated heterocycles. The van der Waals surface area contributed by atoms with Crippen LogP contribution in [0.5, 0.6) is 0 Å². The number of nitro benzene ring substituents is 1. The van der Waals surface area contributed by atoms with E-state index in [9.17, 15) is 14.5 Å². The molecule has 0 aromatic heterocycles. The predicted molar refractivity (Wildman–Crippen MR) is 66.6 cm³/mol. The van der Waals surface area contributed by atoms with Crippen LogP contribution >= 0.6 is 0 Å². The van der Waals surface area contributed by atoms with Crippen molar-refractivity contribution in [3.8, 4) is 0 Å². The second-order valence-electron chi connectivity index (χ2n) is 5.26. The molecule has 0 unspecified atom stereocenters. The molecule has 1 atom stereocenters. The van der Waals surface area contributed by atoms with Crippen molar-refractivity contribution in [3.05, 3.63) is 39.7 Å². The Kier molecular flexibility index (Phi) is 2.89. The molecule has 1 aromatic rings. The Labute approximate surface area is 105 Å². The Balaban J connectivity index is 2.50. The minimum atomic E-state index is -0.863. The first kappa shape index (κ1) is 13.0. The van der Waals surface area contributed by atoms with E-state index in [4.69, 9.17) is 5.73 Å². The lowest BCUT2D eigenvalue weighted by Crippen LogP contribution is -2.43. The number of non-ortho nitro benzene ring substituents is 1. The van der Waals surface area contributed by atoms with Gasteiger partial charge in [-0.25, -0.2) is 4.39 Å². The minimum Gasteiger partial charge on any atom is -0.321 e. The first-order valence-corrected chi connectivity index (χ1v) is 6.07. The van der Waals surface area contributed by atoms with Gasteiger partial charge in [0.1, 0.15) is 5.82 Å². The minimum absolute atomic E-state index is 0.116. The number of nitrogens with zero attached hydrogens (tertiary/aromatic N) is 1. The van der Waals surface area contributed by atoms with Crippen molar-refractivity contribution in [1.82, 2.24) is 0 Å². The second kappa shape index (κ2) is 4.02. The van der Waals surface area contributed by atoms with Crippen LogP contribution in [0, 0.1) is 21.3 Å². The number of nitro groups is 1. The van der Waals surface area contributed by atoms with Gasteiger partial charge in [-0.05, 0) is 37.7 Å². The molecule has 18 heavy (non-hydrogen) atoms. The van der Waals surface area contributed by atoms with Crippen LogP contribution < -0.4 is 5.73 Å². The van der Waals surface area contributed by atoms with Gasteiger partial charge in [-0.3, -0.25) is 10.1 Å². The van der Waals surface area contributed by atoms with Crippen molar-refractivity contribution >= 4 is 5.69 Å². The molecule has 5 heteroatoms. The predicted octanol–water partition coefficient (Wildman–Crippen LogP) is 3.10. The van der Waals surface area contributed by atoms with Gasteiger partial charge in [-0.1, -0.05) is 6.92 Å². The molecular formula is C13H17FN2O2. The van der Waals surface area contributed by atoms with Crippen LogP contribution in [-0.2, 0) is 5.54 Å². The maximum Gasteiger partial charge on any atom is 0.269 e. The fraction of sp³-hybridized carbons (Fsp3) is 0.538. The van der Waals surface area contributed by atoms with E-state index in [0.717, 1.165) is 25.3 Å². The number of benzene rings is 1. The van der Waals surface area contributed by atoms with Gasteiger partial charge in [-0.15, -0.1) is 0 Å². The molecule has 1 fully saturated rings. The summed E-state index contributed by atoms with van der Waals surface area (Å²) >= 11 is 0. The molecule has 2 rings (SSSR count). The molecular weight excluding hydrogens is 235 g/mol. The molecule has 98 valence electrons. The highest BCUT2D eigenvalue weighted by Gasteiger charge is 2.55. The fourth-order valence-electron chi connectivity index (χ4n) is 2.70. The largest absolute Gasteiger partial charge is 0.321 e. The number of nitrogens with two attached hydrogens (primary N) is 1. The van der Waals surface area contributed by atoms with Gasteiger partial charge in [0, 0.05) is 23.2 Å². The summed E-state index contributed by atoms with van der Waals surface area (Å²) in [7, 11) is 0. The van der Waals surface area contributed by atoms with Crippen LogP contribution in [0.4, 0.5) is 10.1 Å². The lowest BCUT2D eigenvalue weighted by Gasteiger charge is -2.34. The third kappa shape index (κ3) is 1.79. The number of hydrogen-bond donors (Lipinski definition) is 1. The van der Waals surface area contributed by atoms with Crippen molar-refractivity contribution in [3.63, 3.8) is 0 Å². The van der Waals surface area contributed by atoms with Crippen molar-refractivity contribution in [2.45, 2.75) is 38.6 Å². The van der Waals surface area contributed by atoms with Gasteiger partial charge >= 0.3 is 0 Å². The van der Waals surface area contributed by atoms with Crippen LogP contribution in [0.25, 0.3) is 0 Å². The van der Waals surface area contributed by atoms with Gasteiger partial charge in [-0.2, -0.15) is 0 Å². The van der Waals surface area contributed by atoms with E-state index in [1.165, 1.54) is 12.1 Å². The second-order valence-corrected chi connectivity index (χ2v) is 5.26. The highest BCUT2D eigenvalue weighted by Crippen LogP contribution is 2.59. The van der Waals surface area contributed by atoms with E-state index in [1.807, 2.05) is 6.92 Å². The summed E-state index contributed by atoms with van der Waals surface area (Å²) in [4.78, 5) is 10.2.